The molecule has 3 aromatic rings. The van der Waals surface area contributed by atoms with Crippen molar-refractivity contribution in [2.24, 2.45) is 0 Å². The van der Waals surface area contributed by atoms with Gasteiger partial charge in [0.25, 0.3) is 5.56 Å². The summed E-state index contributed by atoms with van der Waals surface area (Å²) in [6, 6.07) is 16.6. The second kappa shape index (κ2) is 5.05. The molecule has 0 radical (unpaired) electrons. The molecule has 0 saturated carbocycles. The zero-order chi connectivity index (χ0) is 13.9. The average Bonchev–Trinajstić information content (AvgIpc) is 2.48. The van der Waals surface area contributed by atoms with Crippen molar-refractivity contribution >= 4 is 16.9 Å². The van der Waals surface area contributed by atoms with E-state index in [9.17, 15) is 4.79 Å². The molecule has 100 valence electrons. The summed E-state index contributed by atoms with van der Waals surface area (Å²) in [4.78, 5) is 21.9. The maximum absolute atomic E-state index is 12.3. The zero-order valence-electron chi connectivity index (χ0n) is 10.7. The van der Waals surface area contributed by atoms with Crippen molar-refractivity contribution in [1.82, 2.24) is 9.71 Å². The van der Waals surface area contributed by atoms with E-state index in [0.29, 0.717) is 10.9 Å². The molecule has 0 atom stereocenters. The van der Waals surface area contributed by atoms with E-state index in [4.69, 9.17) is 10.6 Å². The van der Waals surface area contributed by atoms with Gasteiger partial charge in [-0.1, -0.05) is 42.5 Å². The summed E-state index contributed by atoms with van der Waals surface area (Å²) in [6.07, 6.45) is 0. The standard InChI is InChI=1S/C15H13N3O2/c16-15-17-13-9-5-4-8-12(13)14(19)18(15)20-10-11-6-2-1-3-7-11/h1-9H,10H2,(H2,16,17). The van der Waals surface area contributed by atoms with Crippen molar-refractivity contribution in [1.29, 1.82) is 0 Å². The lowest BCUT2D eigenvalue weighted by Gasteiger charge is -2.11. The Bertz CT molecular complexity index is 797. The Kier molecular flexibility index (Phi) is 3.09. The van der Waals surface area contributed by atoms with Crippen LogP contribution in [0.25, 0.3) is 10.9 Å². The van der Waals surface area contributed by atoms with Gasteiger partial charge in [0, 0.05) is 0 Å². The highest BCUT2D eigenvalue weighted by atomic mass is 16.7. The minimum absolute atomic E-state index is 0.0460. The summed E-state index contributed by atoms with van der Waals surface area (Å²) in [5.41, 5.74) is 6.99. The molecule has 2 aromatic carbocycles. The number of aromatic nitrogens is 2. The van der Waals surface area contributed by atoms with Gasteiger partial charge in [-0.2, -0.15) is 0 Å². The average molecular weight is 267 g/mol. The summed E-state index contributed by atoms with van der Waals surface area (Å²) in [5, 5.41) is 0.481. The Labute approximate surface area is 115 Å². The zero-order valence-corrected chi connectivity index (χ0v) is 10.7. The quantitative estimate of drug-likeness (QED) is 0.782. The summed E-state index contributed by atoms with van der Waals surface area (Å²) in [6.45, 7) is 0.255. The Hall–Kier alpha value is -2.82. The van der Waals surface area contributed by atoms with Crippen LogP contribution >= 0.6 is 0 Å². The van der Waals surface area contributed by atoms with E-state index in [1.807, 2.05) is 36.4 Å². The molecule has 0 bridgehead atoms. The lowest BCUT2D eigenvalue weighted by atomic mass is 10.2. The maximum atomic E-state index is 12.3. The predicted molar refractivity (Wildman–Crippen MR) is 77.1 cm³/mol. The number of benzene rings is 2. The maximum Gasteiger partial charge on any atom is 0.295 e. The van der Waals surface area contributed by atoms with Gasteiger partial charge in [-0.05, 0) is 17.7 Å². The first-order valence-corrected chi connectivity index (χ1v) is 6.20. The highest BCUT2D eigenvalue weighted by Crippen LogP contribution is 2.08. The fraction of sp³-hybridized carbons (Fsp3) is 0.0667. The van der Waals surface area contributed by atoms with E-state index < -0.39 is 0 Å². The van der Waals surface area contributed by atoms with Gasteiger partial charge < -0.3 is 10.6 Å². The van der Waals surface area contributed by atoms with Gasteiger partial charge >= 0.3 is 0 Å². The number of para-hydroxylation sites is 1. The molecule has 1 heterocycles. The van der Waals surface area contributed by atoms with Crippen molar-refractivity contribution in [3.63, 3.8) is 0 Å². The van der Waals surface area contributed by atoms with Crippen LogP contribution in [0.15, 0.2) is 59.4 Å². The third-order valence-corrected chi connectivity index (χ3v) is 2.97. The molecule has 0 saturated heterocycles. The Balaban J connectivity index is 1.97. The second-order valence-electron chi connectivity index (χ2n) is 4.35. The molecule has 0 aliphatic carbocycles. The monoisotopic (exact) mass is 267 g/mol. The molecular formula is C15H13N3O2. The van der Waals surface area contributed by atoms with Crippen LogP contribution in [-0.4, -0.2) is 9.71 Å². The number of anilines is 1. The van der Waals surface area contributed by atoms with Crippen LogP contribution in [0.4, 0.5) is 5.95 Å². The minimum atomic E-state index is -0.302. The topological polar surface area (TPSA) is 70.1 Å². The van der Waals surface area contributed by atoms with Crippen LogP contribution in [0.5, 0.6) is 0 Å². The third kappa shape index (κ3) is 2.21. The van der Waals surface area contributed by atoms with Crippen LogP contribution in [0.3, 0.4) is 0 Å². The van der Waals surface area contributed by atoms with Gasteiger partial charge in [0.2, 0.25) is 5.95 Å². The summed E-state index contributed by atoms with van der Waals surface area (Å²) < 4.78 is 1.04. The second-order valence-corrected chi connectivity index (χ2v) is 4.35. The van der Waals surface area contributed by atoms with Gasteiger partial charge in [-0.15, -0.1) is 4.73 Å². The van der Waals surface area contributed by atoms with E-state index in [-0.39, 0.29) is 18.1 Å². The molecule has 0 aliphatic heterocycles. The van der Waals surface area contributed by atoms with Crippen molar-refractivity contribution in [2.45, 2.75) is 6.61 Å². The molecular weight excluding hydrogens is 254 g/mol. The first kappa shape index (κ1) is 12.2. The molecule has 5 heteroatoms. The van der Waals surface area contributed by atoms with Crippen molar-refractivity contribution < 1.29 is 4.84 Å². The predicted octanol–water partition coefficient (Wildman–Crippen LogP) is 1.61. The lowest BCUT2D eigenvalue weighted by Crippen LogP contribution is -2.30. The molecule has 2 N–H and O–H groups in total. The van der Waals surface area contributed by atoms with Gasteiger partial charge in [0.1, 0.15) is 6.61 Å². The Morgan fingerprint density at radius 1 is 1.05 bits per heavy atom. The van der Waals surface area contributed by atoms with Crippen molar-refractivity contribution in [3.8, 4) is 0 Å². The minimum Gasteiger partial charge on any atom is -0.402 e. The van der Waals surface area contributed by atoms with Gasteiger partial charge in [-0.3, -0.25) is 4.79 Å². The van der Waals surface area contributed by atoms with Crippen LogP contribution in [0.1, 0.15) is 5.56 Å². The van der Waals surface area contributed by atoms with Crippen LogP contribution in [-0.2, 0) is 6.61 Å². The van der Waals surface area contributed by atoms with E-state index in [1.54, 1.807) is 18.2 Å². The van der Waals surface area contributed by atoms with Crippen LogP contribution in [0, 0.1) is 0 Å². The van der Waals surface area contributed by atoms with Gasteiger partial charge in [0.05, 0.1) is 10.9 Å². The molecule has 0 spiro atoms. The third-order valence-electron chi connectivity index (χ3n) is 2.97. The largest absolute Gasteiger partial charge is 0.402 e. The van der Waals surface area contributed by atoms with Gasteiger partial charge in [-0.25, -0.2) is 4.98 Å². The molecule has 0 aliphatic rings. The van der Waals surface area contributed by atoms with E-state index in [1.165, 1.54) is 0 Å². The first-order valence-electron chi connectivity index (χ1n) is 6.20. The van der Waals surface area contributed by atoms with E-state index in [0.717, 1.165) is 10.3 Å². The highest BCUT2D eigenvalue weighted by molar-refractivity contribution is 5.78. The smallest absolute Gasteiger partial charge is 0.295 e. The number of hydrogen-bond donors (Lipinski definition) is 1. The fourth-order valence-electron chi connectivity index (χ4n) is 1.97. The Morgan fingerprint density at radius 3 is 2.55 bits per heavy atom. The number of nitrogens with two attached hydrogens (primary N) is 1. The number of hydrogen-bond acceptors (Lipinski definition) is 4. The number of rotatable bonds is 3. The highest BCUT2D eigenvalue weighted by Gasteiger charge is 2.09. The molecule has 5 nitrogen and oxygen atoms in total. The van der Waals surface area contributed by atoms with Crippen molar-refractivity contribution in [3.05, 3.63) is 70.5 Å². The molecule has 3 rings (SSSR count). The summed E-state index contributed by atoms with van der Waals surface area (Å²) >= 11 is 0. The van der Waals surface area contributed by atoms with Crippen LogP contribution in [0.2, 0.25) is 0 Å². The molecule has 1 aromatic heterocycles. The van der Waals surface area contributed by atoms with Gasteiger partial charge in [0.15, 0.2) is 0 Å². The number of nitrogens with zero attached hydrogens (tertiary/aromatic N) is 2. The molecule has 0 fully saturated rings. The normalized spacial score (nSPS) is 10.6. The fourth-order valence-corrected chi connectivity index (χ4v) is 1.97. The molecule has 20 heavy (non-hydrogen) atoms. The summed E-state index contributed by atoms with van der Waals surface area (Å²) in [5.74, 6) is 0.0460. The Morgan fingerprint density at radius 2 is 1.75 bits per heavy atom. The van der Waals surface area contributed by atoms with E-state index >= 15 is 0 Å². The number of nitrogen functional groups attached to an aromatic ring is 1. The van der Waals surface area contributed by atoms with Crippen LogP contribution < -0.4 is 16.1 Å². The number of fused-ring (bicyclic) bond motifs is 1. The first-order chi connectivity index (χ1) is 9.75. The van der Waals surface area contributed by atoms with Crippen molar-refractivity contribution in [2.75, 3.05) is 5.73 Å². The molecule has 0 unspecified atom stereocenters. The summed E-state index contributed by atoms with van der Waals surface area (Å²) in [7, 11) is 0. The molecule has 0 amide bonds. The SMILES string of the molecule is Nc1nc2ccccc2c(=O)n1OCc1ccccc1. The lowest BCUT2D eigenvalue weighted by molar-refractivity contribution is 0.0934. The van der Waals surface area contributed by atoms with E-state index in [2.05, 4.69) is 4.98 Å².